The molecule has 3 rings (SSSR count). The topological polar surface area (TPSA) is 36.4 Å². The molecule has 1 aliphatic rings. The number of amides is 1. The first-order chi connectivity index (χ1) is 10.7. The van der Waals surface area contributed by atoms with E-state index in [-0.39, 0.29) is 11.9 Å². The number of rotatable bonds is 3. The number of para-hydroxylation sites is 1. The van der Waals surface area contributed by atoms with Crippen molar-refractivity contribution in [3.63, 3.8) is 0 Å². The lowest BCUT2D eigenvalue weighted by Gasteiger charge is -2.24. The zero-order valence-corrected chi connectivity index (χ0v) is 13.1. The molecule has 2 aromatic rings. The summed E-state index contributed by atoms with van der Waals surface area (Å²) in [5.41, 5.74) is 2.23. The molecule has 1 amide bonds. The molecule has 1 aromatic heterocycles. The van der Waals surface area contributed by atoms with Crippen LogP contribution in [0.1, 0.15) is 31.4 Å². The minimum absolute atomic E-state index is 0.146. The number of hydrogen-bond donors (Lipinski definition) is 0. The molecule has 0 spiro atoms. The summed E-state index contributed by atoms with van der Waals surface area (Å²) in [6.45, 7) is 2.50. The van der Waals surface area contributed by atoms with Crippen molar-refractivity contribution in [2.24, 2.45) is 0 Å². The Morgan fingerprint density at radius 2 is 2.00 bits per heavy atom. The van der Waals surface area contributed by atoms with Gasteiger partial charge in [0.05, 0.1) is 6.04 Å². The van der Waals surface area contributed by atoms with E-state index >= 15 is 0 Å². The van der Waals surface area contributed by atoms with Gasteiger partial charge in [-0.3, -0.25) is 4.79 Å². The van der Waals surface area contributed by atoms with Gasteiger partial charge in [0.25, 0.3) is 0 Å². The van der Waals surface area contributed by atoms with Gasteiger partial charge in [-0.2, -0.15) is 0 Å². The van der Waals surface area contributed by atoms with Crippen LogP contribution in [0.5, 0.6) is 0 Å². The molecule has 22 heavy (non-hydrogen) atoms. The Hall–Kier alpha value is -2.36. The van der Waals surface area contributed by atoms with Crippen molar-refractivity contribution >= 4 is 17.4 Å². The average Bonchev–Trinajstić information content (AvgIpc) is 3.05. The lowest BCUT2D eigenvalue weighted by molar-refractivity contribution is -0.129. The molecule has 0 radical (unpaired) electrons. The minimum Gasteiger partial charge on any atom is -0.336 e. The summed E-state index contributed by atoms with van der Waals surface area (Å²) >= 11 is 0. The molecule has 1 atom stereocenters. The number of benzene rings is 1. The zero-order chi connectivity index (χ0) is 15.5. The van der Waals surface area contributed by atoms with Crippen molar-refractivity contribution in [3.05, 3.63) is 54.2 Å². The van der Waals surface area contributed by atoms with Gasteiger partial charge in [0.2, 0.25) is 5.91 Å². The average molecular weight is 295 g/mol. The van der Waals surface area contributed by atoms with Gasteiger partial charge in [0.1, 0.15) is 5.82 Å². The number of hydrogen-bond acceptors (Lipinski definition) is 3. The second-order valence-corrected chi connectivity index (χ2v) is 5.71. The van der Waals surface area contributed by atoms with Gasteiger partial charge >= 0.3 is 0 Å². The van der Waals surface area contributed by atoms with Gasteiger partial charge in [-0.1, -0.05) is 24.3 Å². The van der Waals surface area contributed by atoms with Crippen molar-refractivity contribution in [1.29, 1.82) is 0 Å². The molecule has 2 heterocycles. The number of likely N-dealkylation sites (tertiary alicyclic amines) is 1. The summed E-state index contributed by atoms with van der Waals surface area (Å²) in [5.74, 6) is 1.05. The van der Waals surface area contributed by atoms with E-state index in [1.165, 1.54) is 0 Å². The second-order valence-electron chi connectivity index (χ2n) is 5.71. The molecular weight excluding hydrogens is 274 g/mol. The Kier molecular flexibility index (Phi) is 4.09. The summed E-state index contributed by atoms with van der Waals surface area (Å²) < 4.78 is 0. The molecule has 1 aliphatic heterocycles. The number of nitrogens with zero attached hydrogens (tertiary/aromatic N) is 3. The molecule has 0 N–H and O–H groups in total. The van der Waals surface area contributed by atoms with Crippen molar-refractivity contribution in [1.82, 2.24) is 9.88 Å². The Morgan fingerprint density at radius 1 is 1.23 bits per heavy atom. The van der Waals surface area contributed by atoms with E-state index in [2.05, 4.69) is 28.1 Å². The molecule has 4 heteroatoms. The van der Waals surface area contributed by atoms with E-state index in [1.54, 1.807) is 6.92 Å². The number of aromatic nitrogens is 1. The van der Waals surface area contributed by atoms with Crippen LogP contribution in [0.3, 0.4) is 0 Å². The smallest absolute Gasteiger partial charge is 0.219 e. The minimum atomic E-state index is 0.146. The molecule has 114 valence electrons. The van der Waals surface area contributed by atoms with Crippen LogP contribution >= 0.6 is 0 Å². The fourth-order valence-corrected chi connectivity index (χ4v) is 3.07. The second kappa shape index (κ2) is 6.18. The first-order valence-electron chi connectivity index (χ1n) is 7.69. The van der Waals surface area contributed by atoms with Crippen LogP contribution in [0.15, 0.2) is 48.7 Å². The summed E-state index contributed by atoms with van der Waals surface area (Å²) in [4.78, 5) is 20.3. The summed E-state index contributed by atoms with van der Waals surface area (Å²) in [6.07, 6.45) is 3.99. The molecule has 0 bridgehead atoms. The highest BCUT2D eigenvalue weighted by Crippen LogP contribution is 2.32. The van der Waals surface area contributed by atoms with Crippen molar-refractivity contribution in [2.75, 3.05) is 18.5 Å². The van der Waals surface area contributed by atoms with Crippen LogP contribution in [0, 0.1) is 0 Å². The first-order valence-corrected chi connectivity index (χ1v) is 7.69. The molecule has 0 aliphatic carbocycles. The van der Waals surface area contributed by atoms with E-state index in [9.17, 15) is 4.79 Å². The highest BCUT2D eigenvalue weighted by Gasteiger charge is 2.28. The van der Waals surface area contributed by atoms with Crippen molar-refractivity contribution in [2.45, 2.75) is 25.8 Å². The Labute approximate surface area is 131 Å². The van der Waals surface area contributed by atoms with Crippen LogP contribution in [0.25, 0.3) is 0 Å². The monoisotopic (exact) mass is 295 g/mol. The quantitative estimate of drug-likeness (QED) is 0.869. The van der Waals surface area contributed by atoms with E-state index in [0.29, 0.717) is 0 Å². The number of pyridine rings is 1. The van der Waals surface area contributed by atoms with Gasteiger partial charge in [0.15, 0.2) is 0 Å². The molecule has 1 fully saturated rings. The number of carbonyl (C=O) groups is 1. The van der Waals surface area contributed by atoms with Gasteiger partial charge in [-0.15, -0.1) is 0 Å². The van der Waals surface area contributed by atoms with Crippen LogP contribution in [0.4, 0.5) is 11.5 Å². The first kappa shape index (κ1) is 14.6. The maximum atomic E-state index is 11.7. The predicted octanol–water partition coefficient (Wildman–Crippen LogP) is 3.53. The van der Waals surface area contributed by atoms with Crippen LogP contribution in [-0.2, 0) is 4.79 Å². The summed E-state index contributed by atoms with van der Waals surface area (Å²) in [5, 5.41) is 0. The standard InChI is InChI=1S/C18H21N3O/c1-14(22)21-12-6-9-17(21)15-10-11-18(19-13-15)20(2)16-7-4-3-5-8-16/h3-5,7-8,10-11,13,17H,6,9,12H2,1-2H3. The molecule has 1 aromatic carbocycles. The molecule has 0 saturated carbocycles. The SMILES string of the molecule is CC(=O)N1CCCC1c1ccc(N(C)c2ccccc2)nc1. The molecule has 4 nitrogen and oxygen atoms in total. The summed E-state index contributed by atoms with van der Waals surface area (Å²) in [7, 11) is 2.01. The summed E-state index contributed by atoms with van der Waals surface area (Å²) in [6, 6.07) is 14.5. The van der Waals surface area contributed by atoms with Gasteiger partial charge in [-0.05, 0) is 36.6 Å². The third kappa shape index (κ3) is 2.82. The van der Waals surface area contributed by atoms with E-state index in [0.717, 1.165) is 36.5 Å². The van der Waals surface area contributed by atoms with Crippen molar-refractivity contribution < 1.29 is 4.79 Å². The van der Waals surface area contributed by atoms with E-state index in [1.807, 2.05) is 42.4 Å². The normalized spacial score (nSPS) is 17.5. The van der Waals surface area contributed by atoms with Gasteiger partial charge in [-0.25, -0.2) is 4.98 Å². The maximum absolute atomic E-state index is 11.7. The Balaban J connectivity index is 1.80. The fourth-order valence-electron chi connectivity index (χ4n) is 3.07. The highest BCUT2D eigenvalue weighted by molar-refractivity contribution is 5.74. The maximum Gasteiger partial charge on any atom is 0.219 e. The highest BCUT2D eigenvalue weighted by atomic mass is 16.2. The Morgan fingerprint density at radius 3 is 2.64 bits per heavy atom. The van der Waals surface area contributed by atoms with Crippen LogP contribution in [-0.4, -0.2) is 29.4 Å². The van der Waals surface area contributed by atoms with Crippen molar-refractivity contribution in [3.8, 4) is 0 Å². The Bertz CT molecular complexity index is 639. The molecule has 1 saturated heterocycles. The van der Waals surface area contributed by atoms with Gasteiger partial charge < -0.3 is 9.80 Å². The lowest BCUT2D eigenvalue weighted by atomic mass is 10.1. The number of carbonyl (C=O) groups excluding carboxylic acids is 1. The largest absolute Gasteiger partial charge is 0.336 e. The molecular formula is C18H21N3O. The van der Waals surface area contributed by atoms with E-state index < -0.39 is 0 Å². The number of anilines is 2. The third-order valence-corrected chi connectivity index (χ3v) is 4.30. The van der Waals surface area contributed by atoms with Crippen LogP contribution < -0.4 is 4.90 Å². The third-order valence-electron chi connectivity index (χ3n) is 4.30. The molecule has 1 unspecified atom stereocenters. The van der Waals surface area contributed by atoms with Crippen LogP contribution in [0.2, 0.25) is 0 Å². The predicted molar refractivity (Wildman–Crippen MR) is 88.1 cm³/mol. The zero-order valence-electron chi connectivity index (χ0n) is 13.1. The van der Waals surface area contributed by atoms with Gasteiger partial charge in [0, 0.05) is 32.4 Å². The van der Waals surface area contributed by atoms with E-state index in [4.69, 9.17) is 0 Å². The fraction of sp³-hybridized carbons (Fsp3) is 0.333. The lowest BCUT2D eigenvalue weighted by Crippen LogP contribution is -2.28.